The second-order valence-electron chi connectivity index (χ2n) is 5.18. The Hall–Kier alpha value is -1.50. The molecule has 0 aliphatic heterocycles. The second-order valence-corrected chi connectivity index (χ2v) is 5.18. The molecule has 0 saturated heterocycles. The fraction of sp³-hybridized carbons (Fsp3) is 0.600. The molecule has 0 aliphatic carbocycles. The van der Waals surface area contributed by atoms with E-state index in [-0.39, 0.29) is 5.91 Å². The molecule has 1 aromatic rings. The van der Waals surface area contributed by atoms with Gasteiger partial charge >= 0.3 is 0 Å². The van der Waals surface area contributed by atoms with Crippen molar-refractivity contribution in [2.24, 2.45) is 5.73 Å². The summed E-state index contributed by atoms with van der Waals surface area (Å²) in [5.41, 5.74) is 6.93. The Kier molecular flexibility index (Phi) is 7.89. The van der Waals surface area contributed by atoms with Crippen molar-refractivity contribution >= 4 is 5.91 Å². The lowest BCUT2D eigenvalue weighted by atomic mass is 10.2. The Balaban J connectivity index is 2.72. The predicted molar refractivity (Wildman–Crippen MR) is 83.1 cm³/mol. The molecular formula is C15H26N4O2. The van der Waals surface area contributed by atoms with Crippen molar-refractivity contribution < 1.29 is 9.53 Å². The quantitative estimate of drug-likeness (QED) is 0.721. The molecular weight excluding hydrogens is 268 g/mol. The monoisotopic (exact) mass is 294 g/mol. The Labute approximate surface area is 126 Å². The van der Waals surface area contributed by atoms with Crippen LogP contribution < -0.4 is 5.73 Å². The van der Waals surface area contributed by atoms with Crippen LogP contribution in [0.3, 0.4) is 0 Å². The first-order valence-electron chi connectivity index (χ1n) is 7.16. The fourth-order valence-corrected chi connectivity index (χ4v) is 2.00. The summed E-state index contributed by atoms with van der Waals surface area (Å²) in [6.07, 6.45) is 2.56. The maximum Gasteiger partial charge on any atom is 0.254 e. The number of nitrogens with two attached hydrogens (primary N) is 1. The van der Waals surface area contributed by atoms with Crippen LogP contribution in [-0.2, 0) is 11.3 Å². The molecule has 0 fully saturated rings. The van der Waals surface area contributed by atoms with Crippen LogP contribution in [0.15, 0.2) is 18.3 Å². The van der Waals surface area contributed by atoms with Crippen molar-refractivity contribution in [1.82, 2.24) is 14.8 Å². The average Bonchev–Trinajstić information content (AvgIpc) is 2.49. The zero-order valence-electron chi connectivity index (χ0n) is 13.2. The van der Waals surface area contributed by atoms with Gasteiger partial charge in [-0.15, -0.1) is 0 Å². The topological polar surface area (TPSA) is 71.7 Å². The number of aromatic nitrogens is 1. The highest BCUT2D eigenvalue weighted by Crippen LogP contribution is 2.07. The number of hydrogen-bond acceptors (Lipinski definition) is 5. The van der Waals surface area contributed by atoms with Gasteiger partial charge in [-0.25, -0.2) is 0 Å². The van der Waals surface area contributed by atoms with Crippen LogP contribution in [0.2, 0.25) is 0 Å². The zero-order valence-corrected chi connectivity index (χ0v) is 13.2. The normalized spacial score (nSPS) is 10.9. The molecule has 0 bridgehead atoms. The van der Waals surface area contributed by atoms with E-state index < -0.39 is 0 Å². The van der Waals surface area contributed by atoms with Gasteiger partial charge in [0.15, 0.2) is 0 Å². The lowest BCUT2D eigenvalue weighted by Crippen LogP contribution is -2.36. The first-order valence-corrected chi connectivity index (χ1v) is 7.16. The van der Waals surface area contributed by atoms with E-state index in [1.807, 2.05) is 19.0 Å². The third kappa shape index (κ3) is 6.20. The summed E-state index contributed by atoms with van der Waals surface area (Å²) >= 11 is 0. The molecule has 0 atom stereocenters. The minimum Gasteiger partial charge on any atom is -0.383 e. The molecule has 118 valence electrons. The number of carbonyl (C=O) groups excluding carboxylic acids is 1. The van der Waals surface area contributed by atoms with Crippen molar-refractivity contribution in [2.75, 3.05) is 47.4 Å². The van der Waals surface area contributed by atoms with Gasteiger partial charge in [0, 0.05) is 38.5 Å². The van der Waals surface area contributed by atoms with Crippen molar-refractivity contribution in [3.05, 3.63) is 29.6 Å². The molecule has 6 heteroatoms. The van der Waals surface area contributed by atoms with Crippen molar-refractivity contribution in [2.45, 2.75) is 13.0 Å². The van der Waals surface area contributed by atoms with Gasteiger partial charge in [-0.1, -0.05) is 0 Å². The molecule has 2 N–H and O–H groups in total. The molecule has 1 heterocycles. The van der Waals surface area contributed by atoms with Gasteiger partial charge in [-0.2, -0.15) is 0 Å². The van der Waals surface area contributed by atoms with Gasteiger partial charge in [0.25, 0.3) is 5.91 Å². The Morgan fingerprint density at radius 2 is 2.10 bits per heavy atom. The van der Waals surface area contributed by atoms with Gasteiger partial charge in [0.1, 0.15) is 0 Å². The summed E-state index contributed by atoms with van der Waals surface area (Å²) in [6, 6.07) is 3.49. The molecule has 0 aliphatic rings. The first kappa shape index (κ1) is 17.6. The van der Waals surface area contributed by atoms with Crippen LogP contribution in [0.25, 0.3) is 0 Å². The van der Waals surface area contributed by atoms with E-state index in [4.69, 9.17) is 10.5 Å². The number of nitrogens with zero attached hydrogens (tertiary/aromatic N) is 3. The van der Waals surface area contributed by atoms with Crippen LogP contribution in [0.1, 0.15) is 22.5 Å². The Morgan fingerprint density at radius 1 is 1.33 bits per heavy atom. The Morgan fingerprint density at radius 3 is 2.71 bits per heavy atom. The summed E-state index contributed by atoms with van der Waals surface area (Å²) in [7, 11) is 5.69. The standard InChI is InChI=1S/C15H26N4O2/c1-18(2)7-4-8-19(9-10-21-3)15(20)13-5-6-17-14(11-13)12-16/h5-6,11H,4,7-10,12,16H2,1-3H3. The predicted octanol–water partition coefficient (Wildman–Crippen LogP) is 0.581. The van der Waals surface area contributed by atoms with Crippen LogP contribution in [0.5, 0.6) is 0 Å². The van der Waals surface area contributed by atoms with Gasteiger partial charge in [0.05, 0.1) is 12.3 Å². The molecule has 0 spiro atoms. The minimum absolute atomic E-state index is 0.00269. The molecule has 0 radical (unpaired) electrons. The maximum absolute atomic E-state index is 12.6. The largest absolute Gasteiger partial charge is 0.383 e. The van der Waals surface area contributed by atoms with Crippen LogP contribution in [0.4, 0.5) is 0 Å². The molecule has 6 nitrogen and oxygen atoms in total. The number of hydrogen-bond donors (Lipinski definition) is 1. The van der Waals surface area contributed by atoms with Crippen molar-refractivity contribution in [3.8, 4) is 0 Å². The molecule has 0 saturated carbocycles. The minimum atomic E-state index is 0.00269. The lowest BCUT2D eigenvalue weighted by molar-refractivity contribution is 0.0689. The van der Waals surface area contributed by atoms with E-state index in [0.29, 0.717) is 31.8 Å². The van der Waals surface area contributed by atoms with Gasteiger partial charge in [-0.3, -0.25) is 9.78 Å². The van der Waals surface area contributed by atoms with E-state index in [1.54, 1.807) is 25.4 Å². The van der Waals surface area contributed by atoms with Crippen LogP contribution >= 0.6 is 0 Å². The highest BCUT2D eigenvalue weighted by atomic mass is 16.5. The highest BCUT2D eigenvalue weighted by Gasteiger charge is 2.15. The third-order valence-electron chi connectivity index (χ3n) is 3.16. The van der Waals surface area contributed by atoms with Gasteiger partial charge < -0.3 is 20.3 Å². The number of carbonyl (C=O) groups is 1. The van der Waals surface area contributed by atoms with Gasteiger partial charge in [-0.05, 0) is 39.2 Å². The SMILES string of the molecule is COCCN(CCCN(C)C)C(=O)c1ccnc(CN)c1. The smallest absolute Gasteiger partial charge is 0.254 e. The molecule has 0 aromatic carbocycles. The molecule has 0 unspecified atom stereocenters. The average molecular weight is 294 g/mol. The summed E-state index contributed by atoms with van der Waals surface area (Å²) in [5.74, 6) is 0.00269. The zero-order chi connectivity index (χ0) is 15.7. The molecule has 1 rings (SSSR count). The number of pyridine rings is 1. The number of amides is 1. The lowest BCUT2D eigenvalue weighted by Gasteiger charge is -2.23. The van der Waals surface area contributed by atoms with E-state index >= 15 is 0 Å². The van der Waals surface area contributed by atoms with E-state index in [1.165, 1.54) is 0 Å². The Bertz CT molecular complexity index is 437. The van der Waals surface area contributed by atoms with E-state index in [0.717, 1.165) is 18.7 Å². The second kappa shape index (κ2) is 9.44. The summed E-state index contributed by atoms with van der Waals surface area (Å²) in [5, 5.41) is 0. The summed E-state index contributed by atoms with van der Waals surface area (Å²) in [4.78, 5) is 20.6. The highest BCUT2D eigenvalue weighted by molar-refractivity contribution is 5.94. The van der Waals surface area contributed by atoms with Gasteiger partial charge in [0.2, 0.25) is 0 Å². The van der Waals surface area contributed by atoms with E-state index in [9.17, 15) is 4.79 Å². The number of rotatable bonds is 9. The molecule has 1 amide bonds. The summed E-state index contributed by atoms with van der Waals surface area (Å²) in [6.45, 7) is 3.10. The van der Waals surface area contributed by atoms with E-state index in [2.05, 4.69) is 9.88 Å². The molecule has 21 heavy (non-hydrogen) atoms. The fourth-order valence-electron chi connectivity index (χ4n) is 2.00. The van der Waals surface area contributed by atoms with Crippen LogP contribution in [0, 0.1) is 0 Å². The maximum atomic E-state index is 12.6. The number of methoxy groups -OCH3 is 1. The number of ether oxygens (including phenoxy) is 1. The van der Waals surface area contributed by atoms with Crippen molar-refractivity contribution in [1.29, 1.82) is 0 Å². The molecule has 1 aromatic heterocycles. The van der Waals surface area contributed by atoms with Crippen molar-refractivity contribution in [3.63, 3.8) is 0 Å². The first-order chi connectivity index (χ1) is 10.1. The third-order valence-corrected chi connectivity index (χ3v) is 3.16. The van der Waals surface area contributed by atoms with Crippen LogP contribution in [-0.4, -0.2) is 68.1 Å². The summed E-state index contributed by atoms with van der Waals surface area (Å²) < 4.78 is 5.09.